The van der Waals surface area contributed by atoms with E-state index < -0.39 is 23.1 Å². The molecule has 2 aromatic rings. The quantitative estimate of drug-likeness (QED) is 0.150. The first-order valence-electron chi connectivity index (χ1n) is 9.72. The molecule has 0 spiro atoms. The van der Waals surface area contributed by atoms with E-state index in [-0.39, 0.29) is 30.7 Å². The fourth-order valence-corrected chi connectivity index (χ4v) is 2.82. The van der Waals surface area contributed by atoms with Crippen LogP contribution in [0.25, 0.3) is 0 Å². The Bertz CT molecular complexity index is 974. The number of aryl methyl sites for hydroxylation is 1. The van der Waals surface area contributed by atoms with Crippen molar-refractivity contribution in [2.24, 2.45) is 11.5 Å². The summed E-state index contributed by atoms with van der Waals surface area (Å²) < 4.78 is 28.8. The zero-order valence-corrected chi connectivity index (χ0v) is 17.5. The number of guanidine groups is 2. The number of nitrogens with two attached hydrogens (primary N) is 2. The molecule has 32 heavy (non-hydrogen) atoms. The van der Waals surface area contributed by atoms with E-state index in [0.29, 0.717) is 18.8 Å². The van der Waals surface area contributed by atoms with E-state index in [0.717, 1.165) is 23.4 Å². The van der Waals surface area contributed by atoms with Gasteiger partial charge in [0.1, 0.15) is 17.2 Å². The molecule has 10 nitrogen and oxygen atoms in total. The summed E-state index contributed by atoms with van der Waals surface area (Å²) in [5.41, 5.74) is 11.8. The molecule has 0 unspecified atom stereocenters. The number of amides is 1. The minimum atomic E-state index is -1.00. The lowest BCUT2D eigenvalue weighted by Gasteiger charge is -2.13. The molecule has 12 heteroatoms. The third kappa shape index (κ3) is 7.31. The third-order valence-electron chi connectivity index (χ3n) is 4.28. The number of hydrogen-bond donors (Lipinski definition) is 9. The van der Waals surface area contributed by atoms with Crippen molar-refractivity contribution in [1.82, 2.24) is 10.6 Å². The first-order chi connectivity index (χ1) is 15.2. The first-order valence-corrected chi connectivity index (χ1v) is 9.72. The van der Waals surface area contributed by atoms with E-state index >= 15 is 0 Å². The van der Waals surface area contributed by atoms with Crippen LogP contribution in [-0.4, -0.2) is 44.0 Å². The lowest BCUT2D eigenvalue weighted by atomic mass is 10.1. The zero-order valence-electron chi connectivity index (χ0n) is 17.5. The van der Waals surface area contributed by atoms with Crippen LogP contribution < -0.4 is 38.1 Å². The van der Waals surface area contributed by atoms with E-state index in [1.165, 1.54) is 0 Å². The second-order valence-electron chi connectivity index (χ2n) is 6.83. The molecule has 1 amide bonds. The second kappa shape index (κ2) is 11.3. The number of hydrogen-bond acceptors (Lipinski definition) is 5. The largest absolute Gasteiger partial charge is 0.383 e. The van der Waals surface area contributed by atoms with Crippen molar-refractivity contribution < 1.29 is 13.6 Å². The summed E-state index contributed by atoms with van der Waals surface area (Å²) in [5.74, 6) is -3.24. The molecule has 2 aromatic carbocycles. The number of anilines is 3. The van der Waals surface area contributed by atoms with Gasteiger partial charge in [-0.1, -0.05) is 0 Å². The highest BCUT2D eigenvalue weighted by Gasteiger charge is 2.19. The molecule has 0 bridgehead atoms. The van der Waals surface area contributed by atoms with Crippen molar-refractivity contribution in [2.75, 3.05) is 42.1 Å². The van der Waals surface area contributed by atoms with Gasteiger partial charge in [-0.15, -0.1) is 0 Å². The van der Waals surface area contributed by atoms with Crippen LogP contribution in [0.15, 0.2) is 30.3 Å². The van der Waals surface area contributed by atoms with Gasteiger partial charge < -0.3 is 38.1 Å². The molecular weight excluding hydrogens is 420 g/mol. The molecule has 0 aliphatic rings. The molecule has 0 saturated heterocycles. The number of carbonyl (C=O) groups excluding carboxylic acids is 1. The molecule has 0 fully saturated rings. The molecule has 0 aromatic heterocycles. The van der Waals surface area contributed by atoms with Gasteiger partial charge in [-0.2, -0.15) is 0 Å². The van der Waals surface area contributed by atoms with Gasteiger partial charge in [-0.25, -0.2) is 8.78 Å². The highest BCUT2D eigenvalue weighted by atomic mass is 19.1. The predicted molar refractivity (Wildman–Crippen MR) is 122 cm³/mol. The Morgan fingerprint density at radius 3 is 1.97 bits per heavy atom. The van der Waals surface area contributed by atoms with E-state index in [4.69, 9.17) is 22.3 Å². The van der Waals surface area contributed by atoms with Gasteiger partial charge in [0.05, 0.1) is 0 Å². The standard InChI is InChI=1S/C20H27F2N9O/c1-11-8-12(2-3-16(11)28-5-7-30-20(25)26)31-18(32)17-14(21)9-13(10-15(17)22)27-4-6-29-19(23)24/h2-3,8-10,27-28H,4-7H2,1H3,(H,31,32)(H4,23,24,29)(H4,25,26,30). The van der Waals surface area contributed by atoms with Crippen molar-refractivity contribution in [3.63, 3.8) is 0 Å². The van der Waals surface area contributed by atoms with Crippen LogP contribution in [0.4, 0.5) is 25.8 Å². The lowest BCUT2D eigenvalue weighted by molar-refractivity contribution is 0.101. The summed E-state index contributed by atoms with van der Waals surface area (Å²) in [6, 6.07) is 7.07. The maximum atomic E-state index is 14.4. The molecule has 0 saturated carbocycles. The Balaban J connectivity index is 2.00. The van der Waals surface area contributed by atoms with Crippen LogP contribution >= 0.6 is 0 Å². The SMILES string of the molecule is Cc1cc(NC(=O)c2c(F)cc(NCCNC(=N)N)cc2F)ccc1NCCNC(=N)N. The van der Waals surface area contributed by atoms with E-state index in [9.17, 15) is 13.6 Å². The van der Waals surface area contributed by atoms with Crippen molar-refractivity contribution in [2.45, 2.75) is 6.92 Å². The molecule has 2 rings (SSSR count). The van der Waals surface area contributed by atoms with Gasteiger partial charge in [0.15, 0.2) is 11.9 Å². The summed E-state index contributed by atoms with van der Waals surface area (Å²) in [5, 5.41) is 27.8. The number of rotatable bonds is 10. The van der Waals surface area contributed by atoms with Crippen LogP contribution in [0.2, 0.25) is 0 Å². The fourth-order valence-electron chi connectivity index (χ4n) is 2.82. The van der Waals surface area contributed by atoms with E-state index in [1.807, 2.05) is 6.92 Å². The topological polar surface area (TPSA) is 177 Å². The zero-order chi connectivity index (χ0) is 23.7. The number of carbonyl (C=O) groups is 1. The van der Waals surface area contributed by atoms with Gasteiger partial charge in [0, 0.05) is 43.2 Å². The van der Waals surface area contributed by atoms with Crippen molar-refractivity contribution in [3.05, 3.63) is 53.1 Å². The monoisotopic (exact) mass is 447 g/mol. The minimum Gasteiger partial charge on any atom is -0.383 e. The molecule has 0 atom stereocenters. The molecule has 172 valence electrons. The van der Waals surface area contributed by atoms with Crippen LogP contribution in [0.3, 0.4) is 0 Å². The van der Waals surface area contributed by atoms with Gasteiger partial charge in [0.25, 0.3) is 5.91 Å². The molecule has 0 radical (unpaired) electrons. The first kappa shape index (κ1) is 24.2. The van der Waals surface area contributed by atoms with Gasteiger partial charge in [-0.3, -0.25) is 15.6 Å². The number of nitrogens with one attached hydrogen (secondary N) is 7. The average Bonchev–Trinajstić information content (AvgIpc) is 2.69. The van der Waals surface area contributed by atoms with Gasteiger partial charge in [0.2, 0.25) is 0 Å². The molecule has 0 aliphatic carbocycles. The fraction of sp³-hybridized carbons (Fsp3) is 0.250. The van der Waals surface area contributed by atoms with Crippen LogP contribution in [0.1, 0.15) is 15.9 Å². The predicted octanol–water partition coefficient (Wildman–Crippen LogP) is 1.32. The smallest absolute Gasteiger partial charge is 0.261 e. The second-order valence-corrected chi connectivity index (χ2v) is 6.83. The molecule has 0 heterocycles. The summed E-state index contributed by atoms with van der Waals surface area (Å²) in [6.45, 7) is 3.36. The van der Waals surface area contributed by atoms with E-state index in [2.05, 4.69) is 26.6 Å². The Labute approximate surface area is 184 Å². The van der Waals surface area contributed by atoms with E-state index in [1.54, 1.807) is 18.2 Å². The molecule has 0 aliphatic heterocycles. The Morgan fingerprint density at radius 1 is 0.875 bits per heavy atom. The Kier molecular flexibility index (Phi) is 8.57. The molecule has 11 N–H and O–H groups in total. The van der Waals surface area contributed by atoms with Crippen LogP contribution in [0.5, 0.6) is 0 Å². The molecular formula is C20H27F2N9O. The van der Waals surface area contributed by atoms with Crippen LogP contribution in [0, 0.1) is 29.4 Å². The summed E-state index contributed by atoms with van der Waals surface area (Å²) in [6.07, 6.45) is 0. The Hall–Kier alpha value is -4.09. The van der Waals surface area contributed by atoms with Gasteiger partial charge >= 0.3 is 0 Å². The summed E-state index contributed by atoms with van der Waals surface area (Å²) in [7, 11) is 0. The maximum absolute atomic E-state index is 14.4. The number of halogens is 2. The minimum absolute atomic E-state index is 0.116. The highest BCUT2D eigenvalue weighted by molar-refractivity contribution is 6.05. The van der Waals surface area contributed by atoms with Gasteiger partial charge in [-0.05, 0) is 42.8 Å². The normalized spacial score (nSPS) is 10.2. The summed E-state index contributed by atoms with van der Waals surface area (Å²) >= 11 is 0. The number of benzene rings is 2. The summed E-state index contributed by atoms with van der Waals surface area (Å²) in [4.78, 5) is 12.5. The van der Waals surface area contributed by atoms with Crippen LogP contribution in [-0.2, 0) is 0 Å². The maximum Gasteiger partial charge on any atom is 0.261 e. The highest BCUT2D eigenvalue weighted by Crippen LogP contribution is 2.23. The Morgan fingerprint density at radius 2 is 1.44 bits per heavy atom. The lowest BCUT2D eigenvalue weighted by Crippen LogP contribution is -2.33. The van der Waals surface area contributed by atoms with Crippen molar-refractivity contribution in [1.29, 1.82) is 10.8 Å². The average molecular weight is 447 g/mol. The van der Waals surface area contributed by atoms with Crippen molar-refractivity contribution >= 4 is 34.9 Å². The third-order valence-corrected chi connectivity index (χ3v) is 4.28. The van der Waals surface area contributed by atoms with Crippen molar-refractivity contribution in [3.8, 4) is 0 Å².